The molecule has 0 aliphatic carbocycles. The van der Waals surface area contributed by atoms with Crippen molar-refractivity contribution in [2.24, 2.45) is 0 Å². The molecule has 0 bridgehead atoms. The number of nitrogens with one attached hydrogen (secondary N) is 1. The Morgan fingerprint density at radius 2 is 1.83 bits per heavy atom. The third-order valence-electron chi connectivity index (χ3n) is 2.54. The second-order valence-electron chi connectivity index (χ2n) is 3.92. The molecule has 0 saturated carbocycles. The van der Waals surface area contributed by atoms with Crippen LogP contribution in [0.4, 0.5) is 5.69 Å². The molecule has 0 aliphatic rings. The molecule has 92 valence electrons. The first-order valence-corrected chi connectivity index (χ1v) is 6.85. The molecule has 18 heavy (non-hydrogen) atoms. The van der Waals surface area contributed by atoms with Crippen LogP contribution in [0.25, 0.3) is 0 Å². The van der Waals surface area contributed by atoms with Crippen LogP contribution >= 0.6 is 34.2 Å². The van der Waals surface area contributed by atoms with Gasteiger partial charge >= 0.3 is 0 Å². The SMILES string of the molecule is Cc1ccc(NC(=O)c2ccc(Cl)cc2)cc1I. The zero-order valence-electron chi connectivity index (χ0n) is 9.71. The Morgan fingerprint density at radius 1 is 1.17 bits per heavy atom. The van der Waals surface area contributed by atoms with Gasteiger partial charge in [0.2, 0.25) is 0 Å². The lowest BCUT2D eigenvalue weighted by Gasteiger charge is -2.07. The van der Waals surface area contributed by atoms with Crippen LogP contribution in [0.5, 0.6) is 0 Å². The van der Waals surface area contributed by atoms with Crippen molar-refractivity contribution in [3.8, 4) is 0 Å². The minimum atomic E-state index is -0.133. The van der Waals surface area contributed by atoms with Gasteiger partial charge in [0, 0.05) is 19.8 Å². The topological polar surface area (TPSA) is 29.1 Å². The third kappa shape index (κ3) is 3.23. The summed E-state index contributed by atoms with van der Waals surface area (Å²) in [5.41, 5.74) is 2.58. The lowest BCUT2D eigenvalue weighted by molar-refractivity contribution is 0.102. The molecule has 2 nitrogen and oxygen atoms in total. The molecule has 2 rings (SSSR count). The minimum absolute atomic E-state index is 0.133. The van der Waals surface area contributed by atoms with E-state index in [1.807, 2.05) is 25.1 Å². The van der Waals surface area contributed by atoms with Gasteiger partial charge in [-0.2, -0.15) is 0 Å². The molecular weight excluding hydrogens is 361 g/mol. The number of carbonyl (C=O) groups excluding carboxylic acids is 1. The third-order valence-corrected chi connectivity index (χ3v) is 3.95. The maximum absolute atomic E-state index is 12.0. The molecule has 0 aromatic heterocycles. The quantitative estimate of drug-likeness (QED) is 0.774. The number of anilines is 1. The number of hydrogen-bond donors (Lipinski definition) is 1. The predicted octanol–water partition coefficient (Wildman–Crippen LogP) is 4.51. The van der Waals surface area contributed by atoms with E-state index in [1.165, 1.54) is 5.56 Å². The van der Waals surface area contributed by atoms with Gasteiger partial charge in [-0.05, 0) is 71.5 Å². The summed E-state index contributed by atoms with van der Waals surface area (Å²) in [6.45, 7) is 2.03. The van der Waals surface area contributed by atoms with Crippen LogP contribution in [0.1, 0.15) is 15.9 Å². The van der Waals surface area contributed by atoms with Gasteiger partial charge in [-0.3, -0.25) is 4.79 Å². The molecule has 1 N–H and O–H groups in total. The monoisotopic (exact) mass is 371 g/mol. The van der Waals surface area contributed by atoms with Crippen molar-refractivity contribution in [1.82, 2.24) is 0 Å². The number of amides is 1. The number of aryl methyl sites for hydroxylation is 1. The Balaban J connectivity index is 2.16. The molecule has 2 aromatic carbocycles. The maximum Gasteiger partial charge on any atom is 0.255 e. The number of hydrogen-bond acceptors (Lipinski definition) is 1. The second-order valence-corrected chi connectivity index (χ2v) is 5.52. The van der Waals surface area contributed by atoms with Gasteiger partial charge in [-0.25, -0.2) is 0 Å². The van der Waals surface area contributed by atoms with Crippen molar-refractivity contribution < 1.29 is 4.79 Å². The van der Waals surface area contributed by atoms with Gasteiger partial charge in [0.1, 0.15) is 0 Å². The summed E-state index contributed by atoms with van der Waals surface area (Å²) in [5.74, 6) is -0.133. The first-order chi connectivity index (χ1) is 8.56. The van der Waals surface area contributed by atoms with Crippen LogP contribution in [-0.2, 0) is 0 Å². The van der Waals surface area contributed by atoms with Gasteiger partial charge in [0.25, 0.3) is 5.91 Å². The standard InChI is InChI=1S/C14H11ClINO/c1-9-2-7-12(8-13(9)16)17-14(18)10-3-5-11(15)6-4-10/h2-8H,1H3,(H,17,18). The van der Waals surface area contributed by atoms with E-state index in [9.17, 15) is 4.79 Å². The van der Waals surface area contributed by atoms with Crippen LogP contribution in [0.15, 0.2) is 42.5 Å². The van der Waals surface area contributed by atoms with Crippen molar-refractivity contribution in [2.75, 3.05) is 5.32 Å². The van der Waals surface area contributed by atoms with E-state index in [-0.39, 0.29) is 5.91 Å². The van der Waals surface area contributed by atoms with Crippen LogP contribution in [-0.4, -0.2) is 5.91 Å². The average molecular weight is 372 g/mol. The van der Waals surface area contributed by atoms with E-state index in [4.69, 9.17) is 11.6 Å². The van der Waals surface area contributed by atoms with Crippen LogP contribution in [0.3, 0.4) is 0 Å². The summed E-state index contributed by atoms with van der Waals surface area (Å²) in [5, 5.41) is 3.48. The molecule has 0 radical (unpaired) electrons. The Morgan fingerprint density at radius 3 is 2.44 bits per heavy atom. The summed E-state index contributed by atoms with van der Waals surface area (Å²) in [7, 11) is 0. The van der Waals surface area contributed by atoms with Crippen molar-refractivity contribution in [3.05, 3.63) is 62.2 Å². The molecule has 0 spiro atoms. The zero-order valence-corrected chi connectivity index (χ0v) is 12.6. The maximum atomic E-state index is 12.0. The Kier molecular flexibility index (Phi) is 4.24. The van der Waals surface area contributed by atoms with E-state index < -0.39 is 0 Å². The Hall–Kier alpha value is -1.07. The van der Waals surface area contributed by atoms with Gasteiger partial charge in [-0.15, -0.1) is 0 Å². The van der Waals surface area contributed by atoms with Gasteiger partial charge in [0.15, 0.2) is 0 Å². The highest BCUT2D eigenvalue weighted by molar-refractivity contribution is 14.1. The van der Waals surface area contributed by atoms with Crippen LogP contribution in [0, 0.1) is 10.5 Å². The molecule has 0 fully saturated rings. The van der Waals surface area contributed by atoms with Crippen molar-refractivity contribution in [3.63, 3.8) is 0 Å². The summed E-state index contributed by atoms with van der Waals surface area (Å²) in [6, 6.07) is 12.6. The highest BCUT2D eigenvalue weighted by Gasteiger charge is 2.06. The molecule has 1 amide bonds. The lowest BCUT2D eigenvalue weighted by atomic mass is 10.2. The van der Waals surface area contributed by atoms with Crippen molar-refractivity contribution >= 4 is 45.8 Å². The lowest BCUT2D eigenvalue weighted by Crippen LogP contribution is -2.11. The largest absolute Gasteiger partial charge is 0.322 e. The van der Waals surface area contributed by atoms with Gasteiger partial charge in [0.05, 0.1) is 0 Å². The zero-order chi connectivity index (χ0) is 13.1. The fraction of sp³-hybridized carbons (Fsp3) is 0.0714. The van der Waals surface area contributed by atoms with E-state index in [1.54, 1.807) is 24.3 Å². The Bertz CT molecular complexity index is 581. The van der Waals surface area contributed by atoms with E-state index in [0.29, 0.717) is 10.6 Å². The predicted molar refractivity (Wildman–Crippen MR) is 83.3 cm³/mol. The van der Waals surface area contributed by atoms with Crippen LogP contribution in [0.2, 0.25) is 5.02 Å². The first-order valence-electron chi connectivity index (χ1n) is 5.39. The normalized spacial score (nSPS) is 10.2. The van der Waals surface area contributed by atoms with Crippen LogP contribution < -0.4 is 5.32 Å². The Labute approximate surface area is 124 Å². The number of halogens is 2. The fourth-order valence-corrected chi connectivity index (χ4v) is 2.12. The summed E-state index contributed by atoms with van der Waals surface area (Å²) < 4.78 is 1.13. The number of carbonyl (C=O) groups is 1. The summed E-state index contributed by atoms with van der Waals surface area (Å²) in [4.78, 5) is 12.0. The van der Waals surface area contributed by atoms with E-state index >= 15 is 0 Å². The molecule has 0 atom stereocenters. The van der Waals surface area contributed by atoms with E-state index in [0.717, 1.165) is 9.26 Å². The highest BCUT2D eigenvalue weighted by Crippen LogP contribution is 2.18. The summed E-state index contributed by atoms with van der Waals surface area (Å²) >= 11 is 8.03. The average Bonchev–Trinajstić information content (AvgIpc) is 2.34. The molecule has 0 unspecified atom stereocenters. The highest BCUT2D eigenvalue weighted by atomic mass is 127. The van der Waals surface area contributed by atoms with Crippen molar-refractivity contribution in [2.45, 2.75) is 6.92 Å². The summed E-state index contributed by atoms with van der Waals surface area (Å²) in [6.07, 6.45) is 0. The molecule has 2 aromatic rings. The second kappa shape index (κ2) is 5.71. The van der Waals surface area contributed by atoms with Crippen molar-refractivity contribution in [1.29, 1.82) is 0 Å². The fourth-order valence-electron chi connectivity index (χ4n) is 1.48. The van der Waals surface area contributed by atoms with Gasteiger partial charge < -0.3 is 5.32 Å². The number of benzene rings is 2. The van der Waals surface area contributed by atoms with E-state index in [2.05, 4.69) is 27.9 Å². The minimum Gasteiger partial charge on any atom is -0.322 e. The molecule has 4 heteroatoms. The molecular formula is C14H11ClINO. The van der Waals surface area contributed by atoms with Gasteiger partial charge in [-0.1, -0.05) is 17.7 Å². The molecule has 0 aliphatic heterocycles. The molecule has 0 heterocycles. The smallest absolute Gasteiger partial charge is 0.255 e. The first kappa shape index (κ1) is 13.4. The molecule has 0 saturated heterocycles. The number of rotatable bonds is 2.